The number of anilines is 1. The number of hydrogen-bond acceptors (Lipinski definition) is 3. The molecule has 1 rings (SSSR count). The van der Waals surface area contributed by atoms with Crippen LogP contribution in [0.5, 0.6) is 0 Å². The number of rotatable bonds is 4. The van der Waals surface area contributed by atoms with Gasteiger partial charge in [-0.3, -0.25) is 0 Å². The summed E-state index contributed by atoms with van der Waals surface area (Å²) in [5, 5.41) is 7.65. The number of hydrogen-bond donors (Lipinski definition) is 2. The van der Waals surface area contributed by atoms with Crippen molar-refractivity contribution in [2.24, 2.45) is 5.14 Å². The maximum Gasteiger partial charge on any atom is 0.210 e. The van der Waals surface area contributed by atoms with E-state index in [1.54, 1.807) is 0 Å². The Morgan fingerprint density at radius 2 is 2.13 bits per heavy atom. The van der Waals surface area contributed by atoms with Gasteiger partial charge in [-0.1, -0.05) is 0 Å². The lowest BCUT2D eigenvalue weighted by Gasteiger charge is -2.07. The van der Waals surface area contributed by atoms with Gasteiger partial charge in [0.25, 0.3) is 0 Å². The SMILES string of the molecule is NS(=O)(=O)CCNc1ccc(F)cc1Br. The van der Waals surface area contributed by atoms with Crippen molar-refractivity contribution in [3.63, 3.8) is 0 Å². The number of nitrogens with one attached hydrogen (secondary N) is 1. The van der Waals surface area contributed by atoms with E-state index in [0.29, 0.717) is 10.2 Å². The van der Waals surface area contributed by atoms with Crippen molar-refractivity contribution in [3.8, 4) is 0 Å². The second kappa shape index (κ2) is 4.91. The van der Waals surface area contributed by atoms with E-state index in [4.69, 9.17) is 5.14 Å². The van der Waals surface area contributed by atoms with Crippen LogP contribution in [0.3, 0.4) is 0 Å². The standard InChI is InChI=1S/C8H10BrFN2O2S/c9-7-5-6(10)1-2-8(7)12-3-4-15(11,13)14/h1-2,5,12H,3-4H2,(H2,11,13,14). The van der Waals surface area contributed by atoms with Gasteiger partial charge in [0.2, 0.25) is 10.0 Å². The summed E-state index contributed by atoms with van der Waals surface area (Å²) in [5.41, 5.74) is 0.625. The molecule has 7 heteroatoms. The Morgan fingerprint density at radius 1 is 1.47 bits per heavy atom. The highest BCUT2D eigenvalue weighted by Gasteiger charge is 2.04. The quantitative estimate of drug-likeness (QED) is 0.879. The van der Waals surface area contributed by atoms with Gasteiger partial charge in [-0.05, 0) is 34.1 Å². The number of primary sulfonamides is 1. The summed E-state index contributed by atoms with van der Waals surface area (Å²) in [5.74, 6) is -0.532. The van der Waals surface area contributed by atoms with Crippen molar-refractivity contribution in [1.29, 1.82) is 0 Å². The van der Waals surface area contributed by atoms with Crippen LogP contribution in [0.15, 0.2) is 22.7 Å². The molecule has 0 atom stereocenters. The molecule has 0 aromatic heterocycles. The predicted octanol–water partition coefficient (Wildman–Crippen LogP) is 1.29. The first-order valence-corrected chi connectivity index (χ1v) is 6.59. The lowest BCUT2D eigenvalue weighted by molar-refractivity contribution is 0.598. The molecule has 0 fully saturated rings. The summed E-state index contributed by atoms with van der Waals surface area (Å²) >= 11 is 3.14. The molecule has 1 aromatic carbocycles. The monoisotopic (exact) mass is 296 g/mol. The first-order valence-electron chi connectivity index (χ1n) is 4.08. The van der Waals surface area contributed by atoms with Crippen LogP contribution < -0.4 is 10.5 Å². The molecule has 15 heavy (non-hydrogen) atoms. The molecule has 0 unspecified atom stereocenters. The molecule has 0 bridgehead atoms. The van der Waals surface area contributed by atoms with Crippen molar-refractivity contribution in [3.05, 3.63) is 28.5 Å². The summed E-state index contributed by atoms with van der Waals surface area (Å²) in [6, 6.07) is 4.09. The second-order valence-corrected chi connectivity index (χ2v) is 5.51. The van der Waals surface area contributed by atoms with Crippen LogP contribution in [-0.2, 0) is 10.0 Å². The van der Waals surface area contributed by atoms with Crippen LogP contribution >= 0.6 is 15.9 Å². The Hall–Kier alpha value is -0.660. The summed E-state index contributed by atoms with van der Waals surface area (Å²) in [6.07, 6.45) is 0. The molecular formula is C8H10BrFN2O2S. The zero-order chi connectivity index (χ0) is 11.5. The Morgan fingerprint density at radius 3 is 2.67 bits per heavy atom. The van der Waals surface area contributed by atoms with Gasteiger partial charge in [0.15, 0.2) is 0 Å². The van der Waals surface area contributed by atoms with Crippen molar-refractivity contribution >= 4 is 31.6 Å². The van der Waals surface area contributed by atoms with E-state index >= 15 is 0 Å². The highest BCUT2D eigenvalue weighted by molar-refractivity contribution is 9.10. The molecule has 0 radical (unpaired) electrons. The minimum atomic E-state index is -3.47. The number of nitrogens with two attached hydrogens (primary N) is 1. The Balaban J connectivity index is 2.59. The molecular weight excluding hydrogens is 287 g/mol. The molecule has 0 heterocycles. The van der Waals surface area contributed by atoms with E-state index in [-0.39, 0.29) is 18.1 Å². The van der Waals surface area contributed by atoms with E-state index in [0.717, 1.165) is 0 Å². The second-order valence-electron chi connectivity index (χ2n) is 2.92. The molecule has 3 N–H and O–H groups in total. The normalized spacial score (nSPS) is 11.4. The highest BCUT2D eigenvalue weighted by Crippen LogP contribution is 2.22. The third-order valence-corrected chi connectivity index (χ3v) is 3.06. The first-order chi connectivity index (χ1) is 6.88. The highest BCUT2D eigenvalue weighted by atomic mass is 79.9. The molecule has 0 saturated carbocycles. The maximum absolute atomic E-state index is 12.7. The predicted molar refractivity (Wildman–Crippen MR) is 60.6 cm³/mol. The molecule has 1 aromatic rings. The van der Waals surface area contributed by atoms with Gasteiger partial charge >= 0.3 is 0 Å². The first kappa shape index (κ1) is 12.4. The Bertz CT molecular complexity index is 450. The fourth-order valence-electron chi connectivity index (χ4n) is 0.961. The van der Waals surface area contributed by atoms with Gasteiger partial charge in [0.1, 0.15) is 5.82 Å². The average molecular weight is 297 g/mol. The molecule has 0 aliphatic carbocycles. The lowest BCUT2D eigenvalue weighted by atomic mass is 10.3. The van der Waals surface area contributed by atoms with Gasteiger partial charge in [-0.25, -0.2) is 17.9 Å². The van der Waals surface area contributed by atoms with Crippen LogP contribution in [-0.4, -0.2) is 20.7 Å². The van der Waals surface area contributed by atoms with Crippen molar-refractivity contribution in [2.45, 2.75) is 0 Å². The zero-order valence-electron chi connectivity index (χ0n) is 7.70. The number of sulfonamides is 1. The Kier molecular flexibility index (Phi) is 4.06. The summed E-state index contributed by atoms with van der Waals surface area (Å²) in [6.45, 7) is 0.184. The molecule has 0 spiro atoms. The molecule has 0 amide bonds. The average Bonchev–Trinajstić information content (AvgIpc) is 2.07. The maximum atomic E-state index is 12.7. The molecule has 4 nitrogen and oxygen atoms in total. The van der Waals surface area contributed by atoms with E-state index in [2.05, 4.69) is 21.2 Å². The summed E-state index contributed by atoms with van der Waals surface area (Å²) < 4.78 is 34.5. The number of benzene rings is 1. The molecule has 0 saturated heterocycles. The van der Waals surface area contributed by atoms with Crippen molar-refractivity contribution in [1.82, 2.24) is 0 Å². The van der Waals surface area contributed by atoms with Crippen molar-refractivity contribution in [2.75, 3.05) is 17.6 Å². The van der Waals surface area contributed by atoms with Crippen LogP contribution in [0.1, 0.15) is 0 Å². The van der Waals surface area contributed by atoms with Crippen LogP contribution in [0.25, 0.3) is 0 Å². The fourth-order valence-corrected chi connectivity index (χ4v) is 1.84. The minimum absolute atomic E-state index is 0.170. The van der Waals surface area contributed by atoms with Crippen LogP contribution in [0, 0.1) is 5.82 Å². The molecule has 0 aliphatic heterocycles. The molecule has 0 aliphatic rings. The third-order valence-electron chi connectivity index (χ3n) is 1.63. The smallest absolute Gasteiger partial charge is 0.210 e. The van der Waals surface area contributed by atoms with Gasteiger partial charge in [-0.2, -0.15) is 0 Å². The van der Waals surface area contributed by atoms with Gasteiger partial charge in [0.05, 0.1) is 5.75 Å². The fraction of sp³-hybridized carbons (Fsp3) is 0.250. The van der Waals surface area contributed by atoms with Gasteiger partial charge < -0.3 is 5.32 Å². The van der Waals surface area contributed by atoms with Crippen LogP contribution in [0.4, 0.5) is 10.1 Å². The van der Waals surface area contributed by atoms with Crippen molar-refractivity contribution < 1.29 is 12.8 Å². The number of halogens is 2. The van der Waals surface area contributed by atoms with E-state index < -0.39 is 10.0 Å². The van der Waals surface area contributed by atoms with Gasteiger partial charge in [-0.15, -0.1) is 0 Å². The minimum Gasteiger partial charge on any atom is -0.383 e. The topological polar surface area (TPSA) is 72.2 Å². The Labute approximate surface area is 95.8 Å². The van der Waals surface area contributed by atoms with E-state index in [1.807, 2.05) is 0 Å². The summed E-state index contributed by atoms with van der Waals surface area (Å²) in [7, 11) is -3.47. The zero-order valence-corrected chi connectivity index (χ0v) is 10.1. The molecule has 84 valence electrons. The largest absolute Gasteiger partial charge is 0.383 e. The lowest BCUT2D eigenvalue weighted by Crippen LogP contribution is -2.22. The van der Waals surface area contributed by atoms with Gasteiger partial charge in [0, 0.05) is 16.7 Å². The summed E-state index contributed by atoms with van der Waals surface area (Å²) in [4.78, 5) is 0. The van der Waals surface area contributed by atoms with E-state index in [1.165, 1.54) is 18.2 Å². The van der Waals surface area contributed by atoms with E-state index in [9.17, 15) is 12.8 Å². The third kappa shape index (κ3) is 4.59. The van der Waals surface area contributed by atoms with Crippen LogP contribution in [0.2, 0.25) is 0 Å².